The number of amides is 1. The van der Waals surface area contributed by atoms with Gasteiger partial charge in [0.1, 0.15) is 0 Å². The monoisotopic (exact) mass is 379 g/mol. The number of benzene rings is 1. The van der Waals surface area contributed by atoms with Crippen LogP contribution >= 0.6 is 0 Å². The molecule has 0 spiro atoms. The molecule has 3 aromatic rings. The van der Waals surface area contributed by atoms with E-state index in [0.717, 1.165) is 28.3 Å². The van der Waals surface area contributed by atoms with Gasteiger partial charge < -0.3 is 10.2 Å². The van der Waals surface area contributed by atoms with Crippen LogP contribution in [0, 0.1) is 20.8 Å². The van der Waals surface area contributed by atoms with E-state index in [1.54, 1.807) is 0 Å². The minimum Gasteiger partial charge on any atom is -0.354 e. The van der Waals surface area contributed by atoms with Gasteiger partial charge in [-0.25, -0.2) is 9.50 Å². The van der Waals surface area contributed by atoms with E-state index in [4.69, 9.17) is 0 Å². The predicted octanol–water partition coefficient (Wildman–Crippen LogP) is 3.01. The molecule has 28 heavy (non-hydrogen) atoms. The van der Waals surface area contributed by atoms with Crippen LogP contribution in [0.5, 0.6) is 0 Å². The highest BCUT2D eigenvalue weighted by Gasteiger charge is 2.16. The number of hydrogen-bond acceptors (Lipinski definition) is 4. The highest BCUT2D eigenvalue weighted by Crippen LogP contribution is 2.18. The van der Waals surface area contributed by atoms with E-state index in [0.29, 0.717) is 19.4 Å². The molecule has 6 nitrogen and oxygen atoms in total. The normalized spacial score (nSPS) is 12.5. The summed E-state index contributed by atoms with van der Waals surface area (Å²) in [5.41, 5.74) is 6.12. The third-order valence-corrected chi connectivity index (χ3v) is 5.19. The van der Waals surface area contributed by atoms with Crippen molar-refractivity contribution in [3.8, 4) is 0 Å². The smallest absolute Gasteiger partial charge is 0.220 e. The second-order valence-corrected chi connectivity index (χ2v) is 7.51. The third kappa shape index (κ3) is 4.39. The Hall–Kier alpha value is -2.73. The maximum atomic E-state index is 12.5. The van der Waals surface area contributed by atoms with Crippen molar-refractivity contribution in [1.82, 2.24) is 24.8 Å². The SMILES string of the molecule is Cc1cc2nc(C)c(CCC(=O)NC[C@@H](c3ccccc3)N(C)C)c(C)n2n1. The van der Waals surface area contributed by atoms with E-state index in [1.165, 1.54) is 5.56 Å². The molecule has 1 atom stereocenters. The maximum absolute atomic E-state index is 12.5. The largest absolute Gasteiger partial charge is 0.354 e. The average molecular weight is 380 g/mol. The van der Waals surface area contributed by atoms with E-state index in [1.807, 2.05) is 63.6 Å². The molecule has 3 rings (SSSR count). The molecule has 6 heteroatoms. The molecule has 0 aliphatic carbocycles. The Morgan fingerprint density at radius 3 is 2.57 bits per heavy atom. The number of hydrogen-bond donors (Lipinski definition) is 1. The second kappa shape index (κ2) is 8.52. The van der Waals surface area contributed by atoms with Crippen molar-refractivity contribution in [2.24, 2.45) is 0 Å². The third-order valence-electron chi connectivity index (χ3n) is 5.19. The van der Waals surface area contributed by atoms with Crippen LogP contribution in [-0.4, -0.2) is 46.0 Å². The first-order valence-electron chi connectivity index (χ1n) is 9.67. The minimum atomic E-state index is 0.0540. The lowest BCUT2D eigenvalue weighted by molar-refractivity contribution is -0.121. The van der Waals surface area contributed by atoms with Gasteiger partial charge in [-0.2, -0.15) is 5.10 Å². The topological polar surface area (TPSA) is 62.5 Å². The number of nitrogens with zero attached hydrogens (tertiary/aromatic N) is 4. The molecule has 1 N–H and O–H groups in total. The molecule has 0 unspecified atom stereocenters. The summed E-state index contributed by atoms with van der Waals surface area (Å²) in [6.07, 6.45) is 1.09. The summed E-state index contributed by atoms with van der Waals surface area (Å²) in [6.45, 7) is 6.59. The number of carbonyl (C=O) groups is 1. The summed E-state index contributed by atoms with van der Waals surface area (Å²) >= 11 is 0. The van der Waals surface area contributed by atoms with Gasteiger partial charge >= 0.3 is 0 Å². The fourth-order valence-electron chi connectivity index (χ4n) is 3.61. The van der Waals surface area contributed by atoms with Crippen LogP contribution in [0.1, 0.15) is 40.7 Å². The standard InChI is InChI=1S/C22H29N5O/c1-15-13-21-24-16(2)19(17(3)27(21)25-15)11-12-22(28)23-14-20(26(4)5)18-9-7-6-8-10-18/h6-10,13,20H,11-12,14H2,1-5H3,(H,23,28)/t20-/m0/s1. The summed E-state index contributed by atoms with van der Waals surface area (Å²) in [5, 5.41) is 7.59. The molecule has 2 heterocycles. The van der Waals surface area contributed by atoms with Gasteiger partial charge in [-0.3, -0.25) is 4.79 Å². The molecule has 148 valence electrons. The Morgan fingerprint density at radius 1 is 1.18 bits per heavy atom. The summed E-state index contributed by atoms with van der Waals surface area (Å²) in [4.78, 5) is 19.3. The van der Waals surface area contributed by atoms with Crippen LogP contribution in [0.2, 0.25) is 0 Å². The van der Waals surface area contributed by atoms with Gasteiger partial charge in [0.2, 0.25) is 5.91 Å². The molecule has 1 amide bonds. The summed E-state index contributed by atoms with van der Waals surface area (Å²) in [5.74, 6) is 0.0540. The molecular formula is C22H29N5O. The first kappa shape index (κ1) is 20.0. The predicted molar refractivity (Wildman–Crippen MR) is 111 cm³/mol. The summed E-state index contributed by atoms with van der Waals surface area (Å²) in [7, 11) is 4.06. The van der Waals surface area contributed by atoms with Crippen LogP contribution in [0.25, 0.3) is 5.65 Å². The lowest BCUT2D eigenvalue weighted by atomic mass is 10.0. The van der Waals surface area contributed by atoms with Crippen molar-refractivity contribution in [3.63, 3.8) is 0 Å². The van der Waals surface area contributed by atoms with Crippen molar-refractivity contribution in [2.45, 2.75) is 39.7 Å². The summed E-state index contributed by atoms with van der Waals surface area (Å²) < 4.78 is 1.87. The zero-order chi connectivity index (χ0) is 20.3. The molecular weight excluding hydrogens is 350 g/mol. The molecule has 0 aliphatic heterocycles. The van der Waals surface area contributed by atoms with Crippen molar-refractivity contribution in [3.05, 3.63) is 64.6 Å². The summed E-state index contributed by atoms with van der Waals surface area (Å²) in [6, 6.07) is 12.4. The maximum Gasteiger partial charge on any atom is 0.220 e. The van der Waals surface area contributed by atoms with Gasteiger partial charge in [0.25, 0.3) is 0 Å². The molecule has 0 saturated carbocycles. The Balaban J connectivity index is 1.63. The Kier molecular flexibility index (Phi) is 6.09. The van der Waals surface area contributed by atoms with Gasteiger partial charge in [0.05, 0.1) is 11.7 Å². The van der Waals surface area contributed by atoms with Crippen molar-refractivity contribution in [2.75, 3.05) is 20.6 Å². The van der Waals surface area contributed by atoms with Crippen molar-refractivity contribution < 1.29 is 4.79 Å². The Bertz CT molecular complexity index is 962. The fourth-order valence-corrected chi connectivity index (χ4v) is 3.61. The number of fused-ring (bicyclic) bond motifs is 1. The number of nitrogens with one attached hydrogen (secondary N) is 1. The van der Waals surface area contributed by atoms with Crippen molar-refractivity contribution in [1.29, 1.82) is 0 Å². The van der Waals surface area contributed by atoms with Crippen LogP contribution in [-0.2, 0) is 11.2 Å². The number of carbonyl (C=O) groups excluding carboxylic acids is 1. The zero-order valence-corrected chi connectivity index (χ0v) is 17.4. The average Bonchev–Trinajstić information content (AvgIpc) is 3.02. The highest BCUT2D eigenvalue weighted by atomic mass is 16.1. The van der Waals surface area contributed by atoms with Gasteiger partial charge in [-0.15, -0.1) is 0 Å². The molecule has 0 aliphatic rings. The number of aromatic nitrogens is 3. The van der Waals surface area contributed by atoms with Crippen LogP contribution in [0.15, 0.2) is 36.4 Å². The lowest BCUT2D eigenvalue weighted by Gasteiger charge is -2.25. The lowest BCUT2D eigenvalue weighted by Crippen LogP contribution is -2.34. The van der Waals surface area contributed by atoms with E-state index < -0.39 is 0 Å². The minimum absolute atomic E-state index is 0.0540. The number of likely N-dealkylation sites (N-methyl/N-ethyl adjacent to an activating group) is 1. The van der Waals surface area contributed by atoms with Gasteiger partial charge in [0.15, 0.2) is 5.65 Å². The van der Waals surface area contributed by atoms with E-state index in [-0.39, 0.29) is 11.9 Å². The molecule has 2 aromatic heterocycles. The zero-order valence-electron chi connectivity index (χ0n) is 17.4. The van der Waals surface area contributed by atoms with Crippen molar-refractivity contribution >= 4 is 11.6 Å². The van der Waals surface area contributed by atoms with E-state index in [2.05, 4.69) is 32.4 Å². The van der Waals surface area contributed by atoms with E-state index >= 15 is 0 Å². The fraction of sp³-hybridized carbons (Fsp3) is 0.409. The second-order valence-electron chi connectivity index (χ2n) is 7.51. The quantitative estimate of drug-likeness (QED) is 0.685. The molecule has 0 fully saturated rings. The molecule has 0 saturated heterocycles. The Labute approximate surface area is 166 Å². The van der Waals surface area contributed by atoms with Crippen LogP contribution in [0.4, 0.5) is 0 Å². The van der Waals surface area contributed by atoms with Crippen LogP contribution < -0.4 is 5.32 Å². The number of rotatable bonds is 7. The van der Waals surface area contributed by atoms with Gasteiger partial charge in [-0.1, -0.05) is 30.3 Å². The first-order valence-corrected chi connectivity index (χ1v) is 9.67. The molecule has 1 aromatic carbocycles. The molecule has 0 bridgehead atoms. The van der Waals surface area contributed by atoms with Gasteiger partial charge in [0, 0.05) is 30.4 Å². The van der Waals surface area contributed by atoms with Gasteiger partial charge in [-0.05, 0) is 52.4 Å². The number of aryl methyl sites for hydroxylation is 3. The van der Waals surface area contributed by atoms with Crippen LogP contribution in [0.3, 0.4) is 0 Å². The Morgan fingerprint density at radius 2 is 1.89 bits per heavy atom. The van der Waals surface area contributed by atoms with E-state index in [9.17, 15) is 4.79 Å². The first-order chi connectivity index (χ1) is 13.4. The highest BCUT2D eigenvalue weighted by molar-refractivity contribution is 5.76. The molecule has 0 radical (unpaired) electrons.